The maximum absolute atomic E-state index is 9.35. The summed E-state index contributed by atoms with van der Waals surface area (Å²) in [7, 11) is 0. The molecule has 4 nitrogen and oxygen atoms in total. The second kappa shape index (κ2) is 7.26. The zero-order valence-electron chi connectivity index (χ0n) is 8.06. The van der Waals surface area contributed by atoms with Gasteiger partial charge in [-0.15, -0.1) is 0 Å². The van der Waals surface area contributed by atoms with Crippen LogP contribution in [0.4, 0.5) is 0 Å². The molecule has 3 unspecified atom stereocenters. The van der Waals surface area contributed by atoms with Gasteiger partial charge in [-0.3, -0.25) is 0 Å². The second-order valence-electron chi connectivity index (χ2n) is 3.44. The van der Waals surface area contributed by atoms with Gasteiger partial charge in [0.15, 0.2) is 0 Å². The lowest BCUT2D eigenvalue weighted by Gasteiger charge is -2.18. The van der Waals surface area contributed by atoms with Crippen molar-refractivity contribution in [1.29, 1.82) is 0 Å². The van der Waals surface area contributed by atoms with Gasteiger partial charge in [-0.25, -0.2) is 0 Å². The van der Waals surface area contributed by atoms with Gasteiger partial charge < -0.3 is 20.4 Å². The Morgan fingerprint density at radius 2 is 1.62 bits per heavy atom. The Balaban J connectivity index is 3.50. The average Bonchev–Trinajstić information content (AvgIpc) is 2.03. The summed E-state index contributed by atoms with van der Waals surface area (Å²) in [5, 5.41) is 36.1. The summed E-state index contributed by atoms with van der Waals surface area (Å²) in [6.45, 7) is 1.68. The highest BCUT2D eigenvalue weighted by atomic mass is 16.3. The minimum absolute atomic E-state index is 0.110. The first-order valence-corrected chi connectivity index (χ1v) is 4.73. The van der Waals surface area contributed by atoms with Gasteiger partial charge in [0.1, 0.15) is 0 Å². The van der Waals surface area contributed by atoms with E-state index in [1.54, 1.807) is 6.92 Å². The largest absolute Gasteiger partial charge is 0.396 e. The number of aliphatic hydroxyl groups excluding tert-OH is 4. The molecule has 3 atom stereocenters. The summed E-state index contributed by atoms with van der Waals surface area (Å²) in [5.41, 5.74) is 0. The van der Waals surface area contributed by atoms with E-state index < -0.39 is 18.3 Å². The Labute approximate surface area is 78.8 Å². The maximum Gasteiger partial charge on any atom is 0.0823 e. The molecule has 0 bridgehead atoms. The van der Waals surface area contributed by atoms with Crippen LogP contribution < -0.4 is 0 Å². The number of aliphatic hydroxyl groups is 4. The topological polar surface area (TPSA) is 80.9 Å². The molecular formula is C9H20O4. The summed E-state index contributed by atoms with van der Waals surface area (Å²) in [6, 6.07) is 0. The first kappa shape index (κ1) is 12.8. The van der Waals surface area contributed by atoms with E-state index in [4.69, 9.17) is 10.2 Å². The van der Waals surface area contributed by atoms with Crippen LogP contribution >= 0.6 is 0 Å². The fourth-order valence-electron chi connectivity index (χ4n) is 1.16. The van der Waals surface area contributed by atoms with E-state index in [1.165, 1.54) is 0 Å². The van der Waals surface area contributed by atoms with E-state index in [1.807, 2.05) is 0 Å². The molecule has 0 saturated heterocycles. The first-order chi connectivity index (χ1) is 6.07. The van der Waals surface area contributed by atoms with Crippen LogP contribution in [-0.4, -0.2) is 45.3 Å². The smallest absolute Gasteiger partial charge is 0.0823 e. The van der Waals surface area contributed by atoms with Crippen LogP contribution in [0.2, 0.25) is 0 Å². The molecule has 0 aliphatic heterocycles. The number of hydrogen-bond acceptors (Lipinski definition) is 4. The maximum atomic E-state index is 9.35. The van der Waals surface area contributed by atoms with E-state index in [-0.39, 0.29) is 13.0 Å². The van der Waals surface area contributed by atoms with Crippen LogP contribution in [0.5, 0.6) is 0 Å². The summed E-state index contributed by atoms with van der Waals surface area (Å²) in [5.74, 6) is 0. The third-order valence-electron chi connectivity index (χ3n) is 1.93. The molecule has 0 radical (unpaired) electrons. The quantitative estimate of drug-likeness (QED) is 0.415. The molecule has 4 N–H and O–H groups in total. The molecule has 0 spiro atoms. The van der Waals surface area contributed by atoms with Crippen molar-refractivity contribution in [2.24, 2.45) is 0 Å². The minimum atomic E-state index is -0.862. The molecule has 0 aromatic rings. The third kappa shape index (κ3) is 6.95. The lowest BCUT2D eigenvalue weighted by atomic mass is 10.0. The van der Waals surface area contributed by atoms with Gasteiger partial charge in [-0.2, -0.15) is 0 Å². The fourth-order valence-corrected chi connectivity index (χ4v) is 1.16. The highest BCUT2D eigenvalue weighted by molar-refractivity contribution is 4.69. The Morgan fingerprint density at radius 1 is 1.00 bits per heavy atom. The van der Waals surface area contributed by atoms with Crippen molar-refractivity contribution in [3.05, 3.63) is 0 Å². The van der Waals surface area contributed by atoms with Crippen molar-refractivity contribution < 1.29 is 20.4 Å². The van der Waals surface area contributed by atoms with E-state index in [2.05, 4.69) is 0 Å². The van der Waals surface area contributed by atoms with Crippen molar-refractivity contribution in [2.75, 3.05) is 6.61 Å². The SMILES string of the molecule is CC(O)CC(O)C(O)CCCCO. The third-order valence-corrected chi connectivity index (χ3v) is 1.93. The monoisotopic (exact) mass is 192 g/mol. The van der Waals surface area contributed by atoms with Crippen LogP contribution in [0.15, 0.2) is 0 Å². The molecule has 0 aliphatic carbocycles. The summed E-state index contributed by atoms with van der Waals surface area (Å²) < 4.78 is 0. The van der Waals surface area contributed by atoms with E-state index >= 15 is 0 Å². The van der Waals surface area contributed by atoms with Crippen LogP contribution in [0.1, 0.15) is 32.6 Å². The van der Waals surface area contributed by atoms with Crippen molar-refractivity contribution in [2.45, 2.75) is 50.9 Å². The zero-order valence-corrected chi connectivity index (χ0v) is 8.06. The molecule has 0 amide bonds. The fraction of sp³-hybridized carbons (Fsp3) is 1.00. The van der Waals surface area contributed by atoms with Gasteiger partial charge in [-0.05, 0) is 26.2 Å². The van der Waals surface area contributed by atoms with Crippen LogP contribution in [0, 0.1) is 0 Å². The Bertz CT molecular complexity index is 116. The summed E-state index contributed by atoms with van der Waals surface area (Å²) in [6.07, 6.45) is -0.260. The second-order valence-corrected chi connectivity index (χ2v) is 3.44. The molecule has 0 rings (SSSR count). The van der Waals surface area contributed by atoms with Gasteiger partial charge in [0.2, 0.25) is 0 Å². The highest BCUT2D eigenvalue weighted by Gasteiger charge is 2.17. The van der Waals surface area contributed by atoms with Gasteiger partial charge in [0.25, 0.3) is 0 Å². The van der Waals surface area contributed by atoms with E-state index in [0.29, 0.717) is 19.3 Å². The predicted molar refractivity (Wildman–Crippen MR) is 49.2 cm³/mol. The molecule has 4 heteroatoms. The Kier molecular flexibility index (Phi) is 7.17. The molecule has 13 heavy (non-hydrogen) atoms. The lowest BCUT2D eigenvalue weighted by molar-refractivity contribution is -0.0137. The van der Waals surface area contributed by atoms with Crippen LogP contribution in [0.3, 0.4) is 0 Å². The van der Waals surface area contributed by atoms with Gasteiger partial charge in [0.05, 0.1) is 18.3 Å². The van der Waals surface area contributed by atoms with Crippen LogP contribution in [0.25, 0.3) is 0 Å². The standard InChI is InChI=1S/C9H20O4/c1-7(11)6-9(13)8(12)4-2-3-5-10/h7-13H,2-6H2,1H3. The Hall–Kier alpha value is -0.160. The van der Waals surface area contributed by atoms with E-state index in [0.717, 1.165) is 0 Å². The summed E-state index contributed by atoms with van der Waals surface area (Å²) in [4.78, 5) is 0. The number of unbranched alkanes of at least 4 members (excludes halogenated alkanes) is 1. The Morgan fingerprint density at radius 3 is 2.08 bits per heavy atom. The van der Waals surface area contributed by atoms with Crippen molar-refractivity contribution in [1.82, 2.24) is 0 Å². The molecule has 0 heterocycles. The lowest BCUT2D eigenvalue weighted by Crippen LogP contribution is -2.29. The molecule has 0 saturated carbocycles. The normalized spacial score (nSPS) is 18.2. The number of hydrogen-bond donors (Lipinski definition) is 4. The molecule has 0 aromatic carbocycles. The highest BCUT2D eigenvalue weighted by Crippen LogP contribution is 2.09. The van der Waals surface area contributed by atoms with Crippen molar-refractivity contribution >= 4 is 0 Å². The summed E-state index contributed by atoms with van der Waals surface area (Å²) >= 11 is 0. The molecule has 0 aromatic heterocycles. The van der Waals surface area contributed by atoms with Gasteiger partial charge in [0, 0.05) is 13.0 Å². The average molecular weight is 192 g/mol. The minimum Gasteiger partial charge on any atom is -0.396 e. The van der Waals surface area contributed by atoms with Crippen LogP contribution in [-0.2, 0) is 0 Å². The van der Waals surface area contributed by atoms with Crippen molar-refractivity contribution in [3.63, 3.8) is 0 Å². The number of rotatable bonds is 7. The van der Waals surface area contributed by atoms with Gasteiger partial charge in [-0.1, -0.05) is 0 Å². The molecule has 0 fully saturated rings. The predicted octanol–water partition coefficient (Wildman–Crippen LogP) is -0.358. The molecule has 80 valence electrons. The molecule has 0 aliphatic rings. The molecular weight excluding hydrogens is 172 g/mol. The van der Waals surface area contributed by atoms with Gasteiger partial charge >= 0.3 is 0 Å². The van der Waals surface area contributed by atoms with Crippen molar-refractivity contribution in [3.8, 4) is 0 Å². The zero-order chi connectivity index (χ0) is 10.3. The first-order valence-electron chi connectivity index (χ1n) is 4.73. The van der Waals surface area contributed by atoms with E-state index in [9.17, 15) is 10.2 Å².